The maximum Gasteiger partial charge on any atom is 0.253 e. The number of hydrogen-bond donors (Lipinski definition) is 1. The molecule has 128 valence electrons. The Hall–Kier alpha value is -3.55. The molecule has 3 aromatic heterocycles. The number of rotatable bonds is 3. The van der Waals surface area contributed by atoms with Crippen molar-refractivity contribution in [3.63, 3.8) is 0 Å². The van der Waals surface area contributed by atoms with Crippen molar-refractivity contribution in [2.24, 2.45) is 0 Å². The summed E-state index contributed by atoms with van der Waals surface area (Å²) in [5, 5.41) is 4.95. The van der Waals surface area contributed by atoms with Crippen molar-refractivity contribution < 1.29 is 9.32 Å². The zero-order valence-electron chi connectivity index (χ0n) is 13.7. The molecule has 8 nitrogen and oxygen atoms in total. The first kappa shape index (κ1) is 14.8. The molecule has 1 aromatic carbocycles. The molecule has 1 saturated heterocycles. The number of aromatic amines is 1. The van der Waals surface area contributed by atoms with E-state index < -0.39 is 0 Å². The number of nitrogens with one attached hydrogen (secondary N) is 1. The van der Waals surface area contributed by atoms with Gasteiger partial charge in [0.2, 0.25) is 17.5 Å². The Morgan fingerprint density at radius 3 is 2.85 bits per heavy atom. The van der Waals surface area contributed by atoms with Gasteiger partial charge in [-0.3, -0.25) is 4.79 Å². The molecule has 0 spiro atoms. The molecule has 1 aliphatic rings. The van der Waals surface area contributed by atoms with Crippen LogP contribution < -0.4 is 0 Å². The van der Waals surface area contributed by atoms with Gasteiger partial charge in [-0.05, 0) is 30.3 Å². The van der Waals surface area contributed by atoms with Gasteiger partial charge in [0.15, 0.2) is 0 Å². The summed E-state index contributed by atoms with van der Waals surface area (Å²) in [5.74, 6) is 1.35. The Balaban J connectivity index is 1.28. The summed E-state index contributed by atoms with van der Waals surface area (Å²) in [6.07, 6.45) is 5.12. The first-order valence-electron chi connectivity index (χ1n) is 8.25. The van der Waals surface area contributed by atoms with Crippen molar-refractivity contribution >= 4 is 16.8 Å². The molecule has 8 heteroatoms. The number of carbonyl (C=O) groups is 1. The third-order valence-corrected chi connectivity index (χ3v) is 4.53. The minimum Gasteiger partial charge on any atom is -0.361 e. The molecule has 0 unspecified atom stereocenters. The highest BCUT2D eigenvalue weighted by atomic mass is 16.5. The van der Waals surface area contributed by atoms with Crippen molar-refractivity contribution in [1.82, 2.24) is 30.0 Å². The van der Waals surface area contributed by atoms with Crippen LogP contribution in [0.5, 0.6) is 0 Å². The van der Waals surface area contributed by atoms with E-state index in [-0.39, 0.29) is 11.8 Å². The Bertz CT molecular complexity index is 1080. The fourth-order valence-corrected chi connectivity index (χ4v) is 3.08. The van der Waals surface area contributed by atoms with E-state index in [2.05, 4.69) is 25.1 Å². The highest BCUT2D eigenvalue weighted by Crippen LogP contribution is 2.28. The summed E-state index contributed by atoms with van der Waals surface area (Å²) >= 11 is 0. The van der Waals surface area contributed by atoms with Crippen LogP contribution >= 0.6 is 0 Å². The molecule has 4 aromatic rings. The summed E-state index contributed by atoms with van der Waals surface area (Å²) in [5.41, 5.74) is 1.70. The minimum atomic E-state index is 0.00971. The van der Waals surface area contributed by atoms with Crippen LogP contribution in [0, 0.1) is 0 Å². The summed E-state index contributed by atoms with van der Waals surface area (Å²) in [4.78, 5) is 30.1. The number of amides is 1. The molecule has 1 amide bonds. The number of benzene rings is 1. The van der Waals surface area contributed by atoms with Crippen LogP contribution in [-0.2, 0) is 0 Å². The smallest absolute Gasteiger partial charge is 0.253 e. The molecule has 0 aliphatic carbocycles. The van der Waals surface area contributed by atoms with Gasteiger partial charge in [-0.15, -0.1) is 0 Å². The molecular weight excluding hydrogens is 332 g/mol. The molecule has 1 fully saturated rings. The Morgan fingerprint density at radius 2 is 2.00 bits per heavy atom. The Kier molecular flexibility index (Phi) is 3.27. The van der Waals surface area contributed by atoms with Crippen LogP contribution in [-0.4, -0.2) is 49.0 Å². The second kappa shape index (κ2) is 5.76. The predicted octanol–water partition coefficient (Wildman–Crippen LogP) is 2.25. The quantitative estimate of drug-likeness (QED) is 0.610. The molecule has 5 rings (SSSR count). The molecule has 26 heavy (non-hydrogen) atoms. The number of aromatic nitrogens is 5. The van der Waals surface area contributed by atoms with Crippen LogP contribution in [0.3, 0.4) is 0 Å². The van der Waals surface area contributed by atoms with E-state index in [0.717, 1.165) is 10.9 Å². The minimum absolute atomic E-state index is 0.00971. The summed E-state index contributed by atoms with van der Waals surface area (Å²) < 4.78 is 5.32. The van der Waals surface area contributed by atoms with E-state index in [9.17, 15) is 4.79 Å². The first-order chi connectivity index (χ1) is 12.8. The maximum atomic E-state index is 12.6. The molecule has 4 heterocycles. The van der Waals surface area contributed by atoms with Crippen LogP contribution in [0.4, 0.5) is 0 Å². The summed E-state index contributed by atoms with van der Waals surface area (Å²) in [7, 11) is 0. The monoisotopic (exact) mass is 346 g/mol. The fraction of sp³-hybridized carbons (Fsp3) is 0.167. The van der Waals surface area contributed by atoms with Crippen LogP contribution in [0.1, 0.15) is 22.2 Å². The zero-order valence-corrected chi connectivity index (χ0v) is 13.7. The van der Waals surface area contributed by atoms with Gasteiger partial charge >= 0.3 is 0 Å². The fourth-order valence-electron chi connectivity index (χ4n) is 3.08. The average Bonchev–Trinajstić information content (AvgIpc) is 3.30. The van der Waals surface area contributed by atoms with E-state index in [1.54, 1.807) is 23.4 Å². The van der Waals surface area contributed by atoms with E-state index in [0.29, 0.717) is 36.2 Å². The molecule has 1 aliphatic heterocycles. The maximum absolute atomic E-state index is 12.6. The lowest BCUT2D eigenvalue weighted by Gasteiger charge is -2.37. The van der Waals surface area contributed by atoms with Gasteiger partial charge in [-0.1, -0.05) is 5.16 Å². The molecule has 0 bridgehead atoms. The largest absolute Gasteiger partial charge is 0.361 e. The third kappa shape index (κ3) is 2.43. The number of fused-ring (bicyclic) bond motifs is 1. The van der Waals surface area contributed by atoms with Crippen LogP contribution in [0.25, 0.3) is 22.6 Å². The number of carbonyl (C=O) groups excluding carboxylic acids is 1. The van der Waals surface area contributed by atoms with E-state index in [1.807, 2.05) is 30.5 Å². The normalized spacial score (nSPS) is 14.5. The van der Waals surface area contributed by atoms with Gasteiger partial charge in [0.1, 0.15) is 0 Å². The lowest BCUT2D eigenvalue weighted by molar-refractivity contribution is 0.0569. The molecule has 1 N–H and O–H groups in total. The van der Waals surface area contributed by atoms with Gasteiger partial charge < -0.3 is 14.4 Å². The molecular formula is C18H14N6O2. The number of H-pyrrole nitrogens is 1. The standard InChI is InChI=1S/C18H14N6O2/c25-18(12-2-3-14-11(8-12)4-7-19-14)24-9-13(10-24)17-22-16(23-26-17)15-20-5-1-6-21-15/h1-8,13,19H,9-10H2. The third-order valence-electron chi connectivity index (χ3n) is 4.53. The van der Waals surface area contributed by atoms with Crippen molar-refractivity contribution in [2.75, 3.05) is 13.1 Å². The topological polar surface area (TPSA) is 101 Å². The van der Waals surface area contributed by atoms with Gasteiger partial charge in [-0.2, -0.15) is 4.98 Å². The highest BCUT2D eigenvalue weighted by Gasteiger charge is 2.36. The van der Waals surface area contributed by atoms with Crippen molar-refractivity contribution in [1.29, 1.82) is 0 Å². The Labute approximate surface area is 147 Å². The lowest BCUT2D eigenvalue weighted by atomic mass is 9.98. The van der Waals surface area contributed by atoms with Gasteiger partial charge in [0, 0.05) is 48.1 Å². The van der Waals surface area contributed by atoms with Crippen molar-refractivity contribution in [3.05, 3.63) is 60.4 Å². The van der Waals surface area contributed by atoms with Gasteiger partial charge in [-0.25, -0.2) is 9.97 Å². The van der Waals surface area contributed by atoms with Gasteiger partial charge in [0.25, 0.3) is 5.91 Å². The van der Waals surface area contributed by atoms with Crippen molar-refractivity contribution in [2.45, 2.75) is 5.92 Å². The van der Waals surface area contributed by atoms with Crippen LogP contribution in [0.15, 0.2) is 53.4 Å². The predicted molar refractivity (Wildman–Crippen MR) is 92.3 cm³/mol. The molecule has 0 radical (unpaired) electrons. The van der Waals surface area contributed by atoms with E-state index in [4.69, 9.17) is 4.52 Å². The Morgan fingerprint density at radius 1 is 1.15 bits per heavy atom. The summed E-state index contributed by atoms with van der Waals surface area (Å²) in [6.45, 7) is 1.11. The summed E-state index contributed by atoms with van der Waals surface area (Å²) in [6, 6.07) is 9.34. The highest BCUT2D eigenvalue weighted by molar-refractivity contribution is 5.98. The lowest BCUT2D eigenvalue weighted by Crippen LogP contribution is -2.48. The zero-order chi connectivity index (χ0) is 17.5. The number of hydrogen-bond acceptors (Lipinski definition) is 6. The SMILES string of the molecule is O=C(c1ccc2[nH]ccc2c1)N1CC(c2nc(-c3ncccn3)no2)C1. The average molecular weight is 346 g/mol. The van der Waals surface area contributed by atoms with Gasteiger partial charge in [0.05, 0.1) is 5.92 Å². The second-order valence-corrected chi connectivity index (χ2v) is 6.22. The van der Waals surface area contributed by atoms with E-state index in [1.165, 1.54) is 0 Å². The van der Waals surface area contributed by atoms with Crippen LogP contribution in [0.2, 0.25) is 0 Å². The first-order valence-corrected chi connectivity index (χ1v) is 8.25. The second-order valence-electron chi connectivity index (χ2n) is 6.22. The number of nitrogens with zero attached hydrogens (tertiary/aromatic N) is 5. The van der Waals surface area contributed by atoms with Crippen molar-refractivity contribution in [3.8, 4) is 11.6 Å². The molecule has 0 atom stereocenters. The van der Waals surface area contributed by atoms with E-state index >= 15 is 0 Å². The number of likely N-dealkylation sites (tertiary alicyclic amines) is 1. The molecule has 0 saturated carbocycles.